The van der Waals surface area contributed by atoms with E-state index in [9.17, 15) is 4.79 Å². The summed E-state index contributed by atoms with van der Waals surface area (Å²) in [6, 6.07) is 18.2. The van der Waals surface area contributed by atoms with Crippen molar-refractivity contribution >= 4 is 5.91 Å². The van der Waals surface area contributed by atoms with Gasteiger partial charge in [-0.2, -0.15) is 0 Å². The topological polar surface area (TPSA) is 55.1 Å². The fraction of sp³-hybridized carbons (Fsp3) is 0.381. The van der Waals surface area contributed by atoms with Crippen molar-refractivity contribution in [2.75, 3.05) is 6.54 Å². The Balaban J connectivity index is 1.60. The summed E-state index contributed by atoms with van der Waals surface area (Å²) in [5.41, 5.74) is 9.40. The largest absolute Gasteiger partial charge is 0.353 e. The zero-order chi connectivity index (χ0) is 17.2. The molecule has 126 valence electrons. The van der Waals surface area contributed by atoms with Crippen LogP contribution < -0.4 is 11.1 Å². The average Bonchev–Trinajstić information content (AvgIpc) is 3.42. The molecule has 1 atom stereocenters. The van der Waals surface area contributed by atoms with Crippen molar-refractivity contribution in [2.45, 2.75) is 44.1 Å². The van der Waals surface area contributed by atoms with Crippen LogP contribution in [-0.4, -0.2) is 12.5 Å². The van der Waals surface area contributed by atoms with Gasteiger partial charge in [0.05, 0.1) is 5.41 Å². The summed E-state index contributed by atoms with van der Waals surface area (Å²) in [5, 5.41) is 3.06. The molecule has 24 heavy (non-hydrogen) atoms. The molecule has 2 aromatic rings. The third kappa shape index (κ3) is 3.36. The molecule has 0 aromatic heterocycles. The first-order chi connectivity index (χ1) is 11.5. The summed E-state index contributed by atoms with van der Waals surface area (Å²) in [5.74, 6) is 0.610. The van der Waals surface area contributed by atoms with Crippen LogP contribution in [0.2, 0.25) is 0 Å². The molecule has 0 saturated heterocycles. The third-order valence-electron chi connectivity index (χ3n) is 5.02. The maximum absolute atomic E-state index is 12.6. The lowest BCUT2D eigenvalue weighted by atomic mass is 9.94. The van der Waals surface area contributed by atoms with Crippen LogP contribution >= 0.6 is 0 Å². The number of carbonyl (C=O) groups excluding carboxylic acids is 1. The molecule has 2 aromatic carbocycles. The summed E-state index contributed by atoms with van der Waals surface area (Å²) >= 11 is 0. The van der Waals surface area contributed by atoms with Crippen molar-refractivity contribution in [3.8, 4) is 0 Å². The predicted octanol–water partition coefficient (Wildman–Crippen LogP) is 3.66. The minimum absolute atomic E-state index is 0.1000. The molecule has 1 unspecified atom stereocenters. The highest BCUT2D eigenvalue weighted by molar-refractivity contribution is 5.91. The van der Waals surface area contributed by atoms with E-state index >= 15 is 0 Å². The van der Waals surface area contributed by atoms with E-state index < -0.39 is 0 Å². The van der Waals surface area contributed by atoms with E-state index in [-0.39, 0.29) is 17.4 Å². The Bertz CT molecular complexity index is 688. The second-order valence-electron chi connectivity index (χ2n) is 7.09. The molecule has 3 N–H and O–H groups in total. The molecule has 0 bridgehead atoms. The van der Waals surface area contributed by atoms with Gasteiger partial charge in [0.15, 0.2) is 0 Å². The zero-order valence-electron chi connectivity index (χ0n) is 14.5. The van der Waals surface area contributed by atoms with Crippen LogP contribution in [0.5, 0.6) is 0 Å². The number of amides is 1. The van der Waals surface area contributed by atoms with E-state index in [2.05, 4.69) is 43.4 Å². The molecule has 3 nitrogen and oxygen atoms in total. The maximum atomic E-state index is 12.6. The molecule has 3 rings (SSSR count). The normalized spacial score (nSPS) is 16.7. The van der Waals surface area contributed by atoms with Crippen LogP contribution in [0.4, 0.5) is 0 Å². The summed E-state index contributed by atoms with van der Waals surface area (Å²) in [7, 11) is 0. The fourth-order valence-corrected chi connectivity index (χ4v) is 3.15. The number of rotatable bonds is 6. The van der Waals surface area contributed by atoms with Crippen LogP contribution in [0.1, 0.15) is 55.3 Å². The first-order valence-electron chi connectivity index (χ1n) is 8.72. The number of nitrogens with one attached hydrogen (secondary N) is 1. The van der Waals surface area contributed by atoms with Gasteiger partial charge in [-0.05, 0) is 35.4 Å². The Labute approximate surface area is 144 Å². The van der Waals surface area contributed by atoms with Gasteiger partial charge in [-0.3, -0.25) is 4.79 Å². The number of benzene rings is 2. The highest BCUT2D eigenvalue weighted by atomic mass is 16.2. The molecular weight excluding hydrogens is 296 g/mol. The van der Waals surface area contributed by atoms with Crippen LogP contribution in [0.3, 0.4) is 0 Å². The molecule has 0 spiro atoms. The second kappa shape index (κ2) is 6.78. The molecule has 1 fully saturated rings. The third-order valence-corrected chi connectivity index (χ3v) is 5.02. The van der Waals surface area contributed by atoms with E-state index in [0.29, 0.717) is 12.5 Å². The van der Waals surface area contributed by atoms with E-state index in [0.717, 1.165) is 24.0 Å². The predicted molar refractivity (Wildman–Crippen MR) is 97.8 cm³/mol. The zero-order valence-corrected chi connectivity index (χ0v) is 14.5. The first-order valence-corrected chi connectivity index (χ1v) is 8.72. The van der Waals surface area contributed by atoms with Gasteiger partial charge in [0.25, 0.3) is 0 Å². The quantitative estimate of drug-likeness (QED) is 0.853. The van der Waals surface area contributed by atoms with E-state index in [1.54, 1.807) is 0 Å². The van der Waals surface area contributed by atoms with Crippen molar-refractivity contribution in [3.63, 3.8) is 0 Å². The van der Waals surface area contributed by atoms with E-state index in [1.807, 2.05) is 30.3 Å². The molecule has 0 aliphatic heterocycles. The first kappa shape index (κ1) is 16.7. The Morgan fingerprint density at radius 3 is 2.17 bits per heavy atom. The summed E-state index contributed by atoms with van der Waals surface area (Å²) in [6.45, 7) is 4.82. The van der Waals surface area contributed by atoms with E-state index in [4.69, 9.17) is 5.73 Å². The van der Waals surface area contributed by atoms with Gasteiger partial charge < -0.3 is 11.1 Å². The molecule has 1 saturated carbocycles. The molecule has 3 heteroatoms. The minimum Gasteiger partial charge on any atom is -0.353 e. The molecule has 1 amide bonds. The van der Waals surface area contributed by atoms with Gasteiger partial charge >= 0.3 is 0 Å². The fourth-order valence-electron chi connectivity index (χ4n) is 3.15. The van der Waals surface area contributed by atoms with Gasteiger partial charge in [0, 0.05) is 12.6 Å². The van der Waals surface area contributed by atoms with Gasteiger partial charge in [0.1, 0.15) is 0 Å². The summed E-state index contributed by atoms with van der Waals surface area (Å²) in [4.78, 5) is 12.6. The molecule has 1 aliphatic carbocycles. The van der Waals surface area contributed by atoms with Gasteiger partial charge in [-0.15, -0.1) is 0 Å². The standard InChI is InChI=1S/C21H26N2O/c1-15(2)16-8-10-17(11-9-16)19(22)14-23-20(24)21(12-13-21)18-6-4-3-5-7-18/h3-11,15,19H,12-14,22H2,1-2H3,(H,23,24). The lowest BCUT2D eigenvalue weighted by molar-refractivity contribution is -0.123. The van der Waals surface area contributed by atoms with Crippen molar-refractivity contribution in [3.05, 3.63) is 71.3 Å². The SMILES string of the molecule is CC(C)c1ccc(C(N)CNC(=O)C2(c3ccccc3)CC2)cc1. The minimum atomic E-state index is -0.331. The average molecular weight is 322 g/mol. The van der Waals surface area contributed by atoms with Gasteiger partial charge in [-0.25, -0.2) is 0 Å². The smallest absolute Gasteiger partial charge is 0.230 e. The number of hydrogen-bond donors (Lipinski definition) is 2. The Morgan fingerprint density at radius 1 is 1.04 bits per heavy atom. The van der Waals surface area contributed by atoms with Crippen LogP contribution in [0, 0.1) is 0 Å². The van der Waals surface area contributed by atoms with Crippen LogP contribution in [0.15, 0.2) is 54.6 Å². The Morgan fingerprint density at radius 2 is 1.62 bits per heavy atom. The van der Waals surface area contributed by atoms with Gasteiger partial charge in [0.2, 0.25) is 5.91 Å². The molecule has 0 radical (unpaired) electrons. The molecular formula is C21H26N2O. The Hall–Kier alpha value is -2.13. The number of carbonyl (C=O) groups is 1. The van der Waals surface area contributed by atoms with Crippen LogP contribution in [0.25, 0.3) is 0 Å². The lowest BCUT2D eigenvalue weighted by Crippen LogP contribution is -2.38. The summed E-state index contributed by atoms with van der Waals surface area (Å²) in [6.07, 6.45) is 1.84. The molecule has 0 heterocycles. The van der Waals surface area contributed by atoms with Crippen molar-refractivity contribution in [2.24, 2.45) is 5.73 Å². The Kier molecular flexibility index (Phi) is 4.72. The highest BCUT2D eigenvalue weighted by Gasteiger charge is 2.50. The van der Waals surface area contributed by atoms with Gasteiger partial charge in [-0.1, -0.05) is 68.4 Å². The summed E-state index contributed by atoms with van der Waals surface area (Å²) < 4.78 is 0. The van der Waals surface area contributed by atoms with Crippen molar-refractivity contribution in [1.29, 1.82) is 0 Å². The highest BCUT2D eigenvalue weighted by Crippen LogP contribution is 2.48. The molecule has 1 aliphatic rings. The monoisotopic (exact) mass is 322 g/mol. The number of hydrogen-bond acceptors (Lipinski definition) is 2. The van der Waals surface area contributed by atoms with Crippen molar-refractivity contribution < 1.29 is 4.79 Å². The van der Waals surface area contributed by atoms with Crippen molar-refractivity contribution in [1.82, 2.24) is 5.32 Å². The second-order valence-corrected chi connectivity index (χ2v) is 7.09. The number of nitrogens with two attached hydrogens (primary N) is 1. The van der Waals surface area contributed by atoms with Crippen LogP contribution in [-0.2, 0) is 10.2 Å². The maximum Gasteiger partial charge on any atom is 0.230 e. The van der Waals surface area contributed by atoms with E-state index in [1.165, 1.54) is 5.56 Å². The lowest BCUT2D eigenvalue weighted by Gasteiger charge is -2.19.